The molecule has 0 radical (unpaired) electrons. The van der Waals surface area contributed by atoms with Crippen molar-refractivity contribution >= 4 is 28.6 Å². The zero-order chi connectivity index (χ0) is 27.6. The zero-order valence-electron chi connectivity index (χ0n) is 23.6. The second-order valence-corrected chi connectivity index (χ2v) is 12.4. The number of H-pyrrole nitrogens is 3. The molecule has 8 rings (SSSR count). The number of aromatic amines is 3. The fraction of sp³-hybridized carbons (Fsp3) is 0.469. The molecule has 2 aromatic carbocycles. The van der Waals surface area contributed by atoms with Gasteiger partial charge in [0.15, 0.2) is 0 Å². The molecule has 208 valence electrons. The van der Waals surface area contributed by atoms with Crippen molar-refractivity contribution in [3.63, 3.8) is 0 Å². The van der Waals surface area contributed by atoms with E-state index in [1.54, 1.807) is 10.9 Å². The summed E-state index contributed by atoms with van der Waals surface area (Å²) in [5.74, 6) is 2.71. The first-order valence-electron chi connectivity index (χ1n) is 14.8. The molecule has 0 spiro atoms. The third-order valence-corrected chi connectivity index (χ3v) is 9.94. The van der Waals surface area contributed by atoms with Gasteiger partial charge in [-0.1, -0.05) is 12.1 Å². The molecular weight excluding hydrogens is 500 g/mol. The second kappa shape index (κ2) is 9.39. The van der Waals surface area contributed by atoms with Crippen molar-refractivity contribution < 1.29 is 0 Å². The largest absolute Gasteiger partial charge is 0.370 e. The minimum absolute atomic E-state index is 0.121. The van der Waals surface area contributed by atoms with Crippen molar-refractivity contribution in [2.24, 2.45) is 22.7 Å². The number of hydrogen-bond donors (Lipinski definition) is 3. The van der Waals surface area contributed by atoms with E-state index in [1.807, 2.05) is 19.1 Å². The maximum Gasteiger partial charge on any atom is 0.323 e. The molecule has 2 heterocycles. The van der Waals surface area contributed by atoms with Crippen LogP contribution in [0, 0.1) is 24.7 Å². The molecule has 0 saturated heterocycles. The number of hydrogen-bond acceptors (Lipinski definition) is 4. The Morgan fingerprint density at radius 3 is 2.15 bits per heavy atom. The molecule has 4 fully saturated rings. The van der Waals surface area contributed by atoms with Crippen LogP contribution in [0.5, 0.6) is 0 Å². The fourth-order valence-corrected chi connectivity index (χ4v) is 8.44. The lowest BCUT2D eigenvalue weighted by molar-refractivity contribution is -0.00518. The quantitative estimate of drug-likeness (QED) is 0.263. The number of nitrogens with zero attached hydrogens (tertiary/aromatic N) is 3. The minimum Gasteiger partial charge on any atom is -0.370 e. The van der Waals surface area contributed by atoms with E-state index in [4.69, 9.17) is 4.99 Å². The predicted molar refractivity (Wildman–Crippen MR) is 161 cm³/mol. The summed E-state index contributed by atoms with van der Waals surface area (Å²) in [5, 5.41) is 3.26. The van der Waals surface area contributed by atoms with Gasteiger partial charge in [-0.05, 0) is 112 Å². The Hall–Kier alpha value is -3.81. The standard InChI is InChI=1S/C32H38N6O2/c1-4-37(5-2)29-14-27-26(34-31(40)35-27)13-28(29)33-18-25-19(3)36-38(30(25)39)24-8-6-23(7-9-24)32-15-20-10-21(16-32)12-22(11-20)17-32/h6-9,13-14,18,20-22,36H,4-5,10-12,15-17H2,1-3H3,(H2,34,35,40). The highest BCUT2D eigenvalue weighted by atomic mass is 16.1. The van der Waals surface area contributed by atoms with E-state index in [9.17, 15) is 9.59 Å². The summed E-state index contributed by atoms with van der Waals surface area (Å²) >= 11 is 0. The van der Waals surface area contributed by atoms with Crippen molar-refractivity contribution in [2.75, 3.05) is 18.0 Å². The molecule has 3 N–H and O–H groups in total. The van der Waals surface area contributed by atoms with Crippen molar-refractivity contribution in [1.29, 1.82) is 0 Å². The maximum atomic E-state index is 13.5. The van der Waals surface area contributed by atoms with Crippen molar-refractivity contribution in [3.05, 3.63) is 74.1 Å². The maximum absolute atomic E-state index is 13.5. The summed E-state index contributed by atoms with van der Waals surface area (Å²) in [4.78, 5) is 38.0. The Morgan fingerprint density at radius 2 is 1.55 bits per heavy atom. The molecule has 4 aliphatic carbocycles. The minimum atomic E-state index is -0.250. The van der Waals surface area contributed by atoms with Crippen LogP contribution in [0.3, 0.4) is 0 Å². The number of anilines is 1. The third-order valence-electron chi connectivity index (χ3n) is 9.94. The third kappa shape index (κ3) is 4.07. The molecule has 0 aliphatic heterocycles. The SMILES string of the molecule is CCN(CC)c1cc2[nH]c(=O)[nH]c2cc1N=Cc1c(C)[nH]n(-c2ccc(C34CC5CC(CC(C5)C3)C4)cc2)c1=O. The van der Waals surface area contributed by atoms with Gasteiger partial charge in [0.1, 0.15) is 0 Å². The Labute approximate surface area is 233 Å². The van der Waals surface area contributed by atoms with Gasteiger partial charge in [0.05, 0.1) is 33.7 Å². The number of aliphatic imine (C=N–C) groups is 1. The smallest absolute Gasteiger partial charge is 0.323 e. The highest BCUT2D eigenvalue weighted by Crippen LogP contribution is 2.60. The lowest BCUT2D eigenvalue weighted by atomic mass is 9.48. The molecule has 8 nitrogen and oxygen atoms in total. The number of rotatable bonds is 7. The highest BCUT2D eigenvalue weighted by molar-refractivity contribution is 5.90. The van der Waals surface area contributed by atoms with Crippen LogP contribution in [-0.2, 0) is 5.41 Å². The summed E-state index contributed by atoms with van der Waals surface area (Å²) in [6.07, 6.45) is 9.95. The zero-order valence-corrected chi connectivity index (χ0v) is 23.6. The van der Waals surface area contributed by atoms with Gasteiger partial charge in [-0.15, -0.1) is 0 Å². The van der Waals surface area contributed by atoms with Gasteiger partial charge in [0.2, 0.25) is 0 Å². The van der Waals surface area contributed by atoms with Crippen LogP contribution in [-0.4, -0.2) is 39.1 Å². The molecule has 4 aliphatic rings. The molecule has 0 atom stereocenters. The van der Waals surface area contributed by atoms with E-state index in [0.717, 1.165) is 53.4 Å². The van der Waals surface area contributed by atoms with Crippen LogP contribution in [0.1, 0.15) is 69.2 Å². The van der Waals surface area contributed by atoms with Crippen molar-refractivity contribution in [1.82, 2.24) is 19.7 Å². The van der Waals surface area contributed by atoms with Crippen molar-refractivity contribution in [3.8, 4) is 5.69 Å². The van der Waals surface area contributed by atoms with E-state index in [2.05, 4.69) is 58.1 Å². The number of fused-ring (bicyclic) bond motifs is 1. The van der Waals surface area contributed by atoms with Crippen LogP contribution in [0.25, 0.3) is 16.7 Å². The molecule has 4 aromatic rings. The molecule has 2 aromatic heterocycles. The van der Waals surface area contributed by atoms with E-state index in [-0.39, 0.29) is 11.2 Å². The summed E-state index contributed by atoms with van der Waals surface area (Å²) in [7, 11) is 0. The number of imidazole rings is 1. The lowest BCUT2D eigenvalue weighted by Gasteiger charge is -2.57. The Bertz CT molecular complexity index is 1680. The first-order valence-corrected chi connectivity index (χ1v) is 14.8. The molecule has 0 amide bonds. The Kier molecular flexibility index (Phi) is 5.91. The van der Waals surface area contributed by atoms with E-state index in [1.165, 1.54) is 44.1 Å². The summed E-state index contributed by atoms with van der Waals surface area (Å²) in [6, 6.07) is 12.5. The van der Waals surface area contributed by atoms with Gasteiger partial charge in [0, 0.05) is 25.0 Å². The van der Waals surface area contributed by atoms with Crippen LogP contribution in [0.2, 0.25) is 0 Å². The molecule has 4 saturated carbocycles. The second-order valence-electron chi connectivity index (χ2n) is 12.4. The van der Waals surface area contributed by atoms with Crippen LogP contribution in [0.15, 0.2) is 51.0 Å². The van der Waals surface area contributed by atoms with Crippen molar-refractivity contribution in [2.45, 2.75) is 64.7 Å². The molecule has 4 bridgehead atoms. The summed E-state index contributed by atoms with van der Waals surface area (Å²) < 4.78 is 1.62. The van der Waals surface area contributed by atoms with Crippen LogP contribution >= 0.6 is 0 Å². The average Bonchev–Trinajstić information content (AvgIpc) is 3.44. The summed E-state index contributed by atoms with van der Waals surface area (Å²) in [5.41, 5.74) is 6.61. The predicted octanol–water partition coefficient (Wildman–Crippen LogP) is 5.71. The van der Waals surface area contributed by atoms with Gasteiger partial charge in [-0.2, -0.15) is 0 Å². The number of aromatic nitrogens is 4. The molecular formula is C32H38N6O2. The molecule has 8 heteroatoms. The Morgan fingerprint density at radius 1 is 0.950 bits per heavy atom. The number of nitrogens with one attached hydrogen (secondary N) is 3. The van der Waals surface area contributed by atoms with E-state index < -0.39 is 0 Å². The van der Waals surface area contributed by atoms with Gasteiger partial charge in [-0.25, -0.2) is 9.48 Å². The number of aryl methyl sites for hydroxylation is 1. The first kappa shape index (κ1) is 25.2. The fourth-order valence-electron chi connectivity index (χ4n) is 8.44. The van der Waals surface area contributed by atoms with E-state index >= 15 is 0 Å². The first-order chi connectivity index (χ1) is 19.4. The number of benzene rings is 2. The summed E-state index contributed by atoms with van der Waals surface area (Å²) in [6.45, 7) is 7.68. The monoisotopic (exact) mass is 538 g/mol. The highest BCUT2D eigenvalue weighted by Gasteiger charge is 2.51. The normalized spacial score (nSPS) is 25.4. The van der Waals surface area contributed by atoms with Gasteiger partial charge < -0.3 is 14.9 Å². The topological polar surface area (TPSA) is 102 Å². The Balaban J connectivity index is 1.20. The van der Waals surface area contributed by atoms with E-state index in [0.29, 0.717) is 22.2 Å². The van der Waals surface area contributed by atoms with Crippen LogP contribution < -0.4 is 16.1 Å². The lowest BCUT2D eigenvalue weighted by Crippen LogP contribution is -2.48. The van der Waals surface area contributed by atoms with Gasteiger partial charge in [-0.3, -0.25) is 14.9 Å². The van der Waals surface area contributed by atoms with Gasteiger partial charge in [0.25, 0.3) is 5.56 Å². The van der Waals surface area contributed by atoms with Crippen LogP contribution in [0.4, 0.5) is 11.4 Å². The average molecular weight is 539 g/mol. The molecule has 40 heavy (non-hydrogen) atoms. The molecule has 0 unspecified atom stereocenters. The van der Waals surface area contributed by atoms with Gasteiger partial charge >= 0.3 is 5.69 Å².